The summed E-state index contributed by atoms with van der Waals surface area (Å²) in [6.45, 7) is 8.05. The molecule has 0 saturated heterocycles. The molecule has 0 radical (unpaired) electrons. The number of unbranched alkanes of at least 4 members (excludes halogenated alkanes) is 11. The molecule has 1 N–H and O–H groups in total. The lowest BCUT2D eigenvalue weighted by Gasteiger charge is -2.15. The Bertz CT molecular complexity index is 219. The van der Waals surface area contributed by atoms with Crippen molar-refractivity contribution in [2.75, 3.05) is 19.8 Å². The Morgan fingerprint density at radius 2 is 1.13 bits per heavy atom. The van der Waals surface area contributed by atoms with Crippen LogP contribution in [0.2, 0.25) is 0 Å². The van der Waals surface area contributed by atoms with Gasteiger partial charge in [0.2, 0.25) is 0 Å². The molecule has 0 amide bonds. The Hall–Kier alpha value is -0.120. The summed E-state index contributed by atoms with van der Waals surface area (Å²) in [6, 6.07) is 0. The van der Waals surface area contributed by atoms with Crippen LogP contribution in [0.4, 0.5) is 0 Å². The monoisotopic (exact) mass is 330 g/mol. The Balaban J connectivity index is 3.03. The molecule has 0 aromatic heterocycles. The van der Waals surface area contributed by atoms with Gasteiger partial charge in [-0.25, -0.2) is 0 Å². The lowest BCUT2D eigenvalue weighted by molar-refractivity contribution is -0.136. The molecule has 0 fully saturated rings. The van der Waals surface area contributed by atoms with Gasteiger partial charge in [-0.2, -0.15) is 0 Å². The highest BCUT2D eigenvalue weighted by Crippen LogP contribution is 2.11. The molecule has 0 aliphatic carbocycles. The molecule has 0 heterocycles. The normalized spacial score (nSPS) is 12.9. The zero-order chi connectivity index (χ0) is 17.2. The Morgan fingerprint density at radius 1 is 0.652 bits per heavy atom. The summed E-state index contributed by atoms with van der Waals surface area (Å²) in [5.74, 6) is 0.145. The maximum absolute atomic E-state index is 9.46. The van der Waals surface area contributed by atoms with E-state index in [0.717, 1.165) is 13.0 Å². The maximum atomic E-state index is 9.46. The zero-order valence-corrected chi connectivity index (χ0v) is 16.0. The second-order valence-electron chi connectivity index (χ2n) is 7.01. The van der Waals surface area contributed by atoms with E-state index in [1.165, 1.54) is 70.6 Å². The van der Waals surface area contributed by atoms with E-state index in [4.69, 9.17) is 9.47 Å². The Kier molecular flexibility index (Phi) is 18.1. The van der Waals surface area contributed by atoms with Crippen molar-refractivity contribution >= 4 is 0 Å². The zero-order valence-electron chi connectivity index (χ0n) is 16.0. The minimum absolute atomic E-state index is 0.145. The Labute approximate surface area is 145 Å². The summed E-state index contributed by atoms with van der Waals surface area (Å²) < 4.78 is 10.8. The van der Waals surface area contributed by atoms with Crippen LogP contribution >= 0.6 is 0 Å². The number of ether oxygens (including phenoxy) is 2. The Morgan fingerprint density at radius 3 is 1.61 bits per heavy atom. The first-order valence-corrected chi connectivity index (χ1v) is 10.1. The molecular weight excluding hydrogens is 288 g/mol. The van der Waals surface area contributed by atoms with E-state index < -0.39 is 6.29 Å². The van der Waals surface area contributed by atoms with Gasteiger partial charge in [0.25, 0.3) is 0 Å². The highest BCUT2D eigenvalue weighted by molar-refractivity contribution is 4.49. The van der Waals surface area contributed by atoms with Gasteiger partial charge in [-0.15, -0.1) is 0 Å². The first-order valence-electron chi connectivity index (χ1n) is 10.1. The van der Waals surface area contributed by atoms with E-state index in [9.17, 15) is 5.11 Å². The molecule has 0 aromatic rings. The van der Waals surface area contributed by atoms with Crippen molar-refractivity contribution in [3.63, 3.8) is 0 Å². The maximum Gasteiger partial charge on any atom is 0.156 e. The van der Waals surface area contributed by atoms with Crippen LogP contribution in [0, 0.1) is 5.92 Å². The average Bonchev–Trinajstić information content (AvgIpc) is 2.54. The van der Waals surface area contributed by atoms with Gasteiger partial charge in [0.05, 0.1) is 13.2 Å². The number of hydrogen-bond donors (Lipinski definition) is 1. The molecule has 3 heteroatoms. The lowest BCUT2D eigenvalue weighted by Crippen LogP contribution is -2.21. The standard InChI is InChI=1S/C20H42O3/c1-4-5-6-7-8-9-10-11-12-13-14-15-16-22-17-18-23-20(21)19(2)3/h19-21H,4-18H2,1-3H3. The minimum atomic E-state index is -0.662. The van der Waals surface area contributed by atoms with Crippen LogP contribution in [0.25, 0.3) is 0 Å². The SMILES string of the molecule is CCCCCCCCCCCCCCOCCOC(O)C(C)C. The van der Waals surface area contributed by atoms with Gasteiger partial charge in [0.1, 0.15) is 0 Å². The van der Waals surface area contributed by atoms with Crippen LogP contribution in [0.5, 0.6) is 0 Å². The first kappa shape index (κ1) is 22.9. The predicted molar refractivity (Wildman–Crippen MR) is 98.7 cm³/mol. The quantitative estimate of drug-likeness (QED) is 0.259. The molecule has 0 aromatic carbocycles. The summed E-state index contributed by atoms with van der Waals surface area (Å²) >= 11 is 0. The number of aliphatic hydroxyl groups is 1. The number of aliphatic hydroxyl groups excluding tert-OH is 1. The summed E-state index contributed by atoms with van der Waals surface area (Å²) in [7, 11) is 0. The molecule has 0 bridgehead atoms. The molecule has 0 aliphatic heterocycles. The lowest BCUT2D eigenvalue weighted by atomic mass is 10.1. The summed E-state index contributed by atoms with van der Waals surface area (Å²) in [6.07, 6.45) is 15.7. The van der Waals surface area contributed by atoms with Crippen LogP contribution in [0.3, 0.4) is 0 Å². The van der Waals surface area contributed by atoms with Crippen molar-refractivity contribution in [3.8, 4) is 0 Å². The molecule has 0 saturated carbocycles. The van der Waals surface area contributed by atoms with Crippen molar-refractivity contribution in [3.05, 3.63) is 0 Å². The molecule has 0 spiro atoms. The summed E-state index contributed by atoms with van der Waals surface area (Å²) in [4.78, 5) is 0. The fourth-order valence-corrected chi connectivity index (χ4v) is 2.57. The fourth-order valence-electron chi connectivity index (χ4n) is 2.57. The van der Waals surface area contributed by atoms with E-state index in [0.29, 0.717) is 13.2 Å². The largest absolute Gasteiger partial charge is 0.379 e. The van der Waals surface area contributed by atoms with Crippen molar-refractivity contribution in [2.24, 2.45) is 5.92 Å². The van der Waals surface area contributed by atoms with Gasteiger partial charge >= 0.3 is 0 Å². The molecule has 1 unspecified atom stereocenters. The van der Waals surface area contributed by atoms with Crippen LogP contribution < -0.4 is 0 Å². The van der Waals surface area contributed by atoms with E-state index in [1.807, 2.05) is 13.8 Å². The molecule has 140 valence electrons. The molecule has 0 aliphatic rings. The molecular formula is C20H42O3. The number of hydrogen-bond acceptors (Lipinski definition) is 3. The van der Waals surface area contributed by atoms with Crippen LogP contribution in [0.1, 0.15) is 97.8 Å². The fraction of sp³-hybridized carbons (Fsp3) is 1.00. The van der Waals surface area contributed by atoms with Crippen LogP contribution in [0.15, 0.2) is 0 Å². The van der Waals surface area contributed by atoms with Crippen LogP contribution in [-0.2, 0) is 9.47 Å². The van der Waals surface area contributed by atoms with Gasteiger partial charge in [-0.3, -0.25) is 0 Å². The van der Waals surface area contributed by atoms with Crippen molar-refractivity contribution in [2.45, 2.75) is 104 Å². The van der Waals surface area contributed by atoms with Gasteiger partial charge in [0.15, 0.2) is 6.29 Å². The number of rotatable bonds is 18. The molecule has 23 heavy (non-hydrogen) atoms. The minimum Gasteiger partial charge on any atom is -0.379 e. The third-order valence-electron chi connectivity index (χ3n) is 4.23. The molecule has 1 atom stereocenters. The third kappa shape index (κ3) is 18.1. The summed E-state index contributed by atoms with van der Waals surface area (Å²) in [5.41, 5.74) is 0. The van der Waals surface area contributed by atoms with E-state index >= 15 is 0 Å². The van der Waals surface area contributed by atoms with Crippen molar-refractivity contribution < 1.29 is 14.6 Å². The predicted octanol–water partition coefficient (Wildman–Crippen LogP) is 5.70. The van der Waals surface area contributed by atoms with Crippen molar-refractivity contribution in [1.29, 1.82) is 0 Å². The third-order valence-corrected chi connectivity index (χ3v) is 4.23. The second kappa shape index (κ2) is 18.2. The van der Waals surface area contributed by atoms with E-state index in [1.54, 1.807) is 0 Å². The van der Waals surface area contributed by atoms with Gasteiger partial charge in [-0.1, -0.05) is 91.4 Å². The van der Waals surface area contributed by atoms with Gasteiger partial charge in [-0.05, 0) is 6.42 Å². The van der Waals surface area contributed by atoms with E-state index in [2.05, 4.69) is 6.92 Å². The van der Waals surface area contributed by atoms with Gasteiger partial charge < -0.3 is 14.6 Å². The molecule has 3 nitrogen and oxygen atoms in total. The van der Waals surface area contributed by atoms with Gasteiger partial charge in [0, 0.05) is 12.5 Å². The average molecular weight is 331 g/mol. The molecule has 0 rings (SSSR count). The topological polar surface area (TPSA) is 38.7 Å². The highest BCUT2D eigenvalue weighted by Gasteiger charge is 2.07. The summed E-state index contributed by atoms with van der Waals surface area (Å²) in [5, 5.41) is 9.46. The highest BCUT2D eigenvalue weighted by atomic mass is 16.6. The second-order valence-corrected chi connectivity index (χ2v) is 7.01. The smallest absolute Gasteiger partial charge is 0.156 e. The van der Waals surface area contributed by atoms with E-state index in [-0.39, 0.29) is 5.92 Å². The van der Waals surface area contributed by atoms with Crippen molar-refractivity contribution in [1.82, 2.24) is 0 Å². The first-order chi connectivity index (χ1) is 11.2. The van der Waals surface area contributed by atoms with Crippen LogP contribution in [-0.4, -0.2) is 31.2 Å².